The predicted molar refractivity (Wildman–Crippen MR) is 86.0 cm³/mol. The highest BCUT2D eigenvalue weighted by molar-refractivity contribution is 6.27. The fourth-order valence-electron chi connectivity index (χ4n) is 4.22. The molecule has 2 nitrogen and oxygen atoms in total. The fraction of sp³-hybridized carbons (Fsp3) is 0.611. The molecule has 0 amide bonds. The van der Waals surface area contributed by atoms with Crippen LogP contribution in [0.25, 0.3) is 0 Å². The Hall–Kier alpha value is -1.04. The summed E-state index contributed by atoms with van der Waals surface area (Å²) < 4.78 is 0. The van der Waals surface area contributed by atoms with Crippen LogP contribution in [0.15, 0.2) is 30.3 Å². The van der Waals surface area contributed by atoms with E-state index in [-0.39, 0.29) is 17.0 Å². The molecule has 3 heteroatoms. The van der Waals surface area contributed by atoms with E-state index >= 15 is 0 Å². The van der Waals surface area contributed by atoms with Gasteiger partial charge in [0.2, 0.25) is 0 Å². The molecule has 112 valence electrons. The van der Waals surface area contributed by atoms with Gasteiger partial charge in [0.15, 0.2) is 0 Å². The molecule has 1 aliphatic carbocycles. The van der Waals surface area contributed by atoms with Gasteiger partial charge < -0.3 is 0 Å². The van der Waals surface area contributed by atoms with E-state index in [1.165, 1.54) is 5.56 Å². The maximum atomic E-state index is 9.67. The molecule has 0 aromatic heterocycles. The topological polar surface area (TPSA) is 27.0 Å². The van der Waals surface area contributed by atoms with Crippen LogP contribution in [0.5, 0.6) is 0 Å². The number of hydrogen-bond donors (Lipinski definition) is 0. The van der Waals surface area contributed by atoms with E-state index in [9.17, 15) is 5.26 Å². The second-order valence-corrected chi connectivity index (χ2v) is 7.28. The van der Waals surface area contributed by atoms with Crippen molar-refractivity contribution in [3.8, 4) is 6.07 Å². The Morgan fingerprint density at radius 1 is 1.38 bits per heavy atom. The lowest BCUT2D eigenvalue weighted by atomic mass is 9.95. The van der Waals surface area contributed by atoms with Crippen LogP contribution >= 0.6 is 11.6 Å². The average molecular weight is 303 g/mol. The van der Waals surface area contributed by atoms with Crippen LogP contribution in [-0.4, -0.2) is 22.4 Å². The summed E-state index contributed by atoms with van der Waals surface area (Å²) >= 11 is 6.87. The molecular formula is C18H23ClN2. The number of likely N-dealkylation sites (tertiary alicyclic amines) is 1. The van der Waals surface area contributed by atoms with Crippen molar-refractivity contribution >= 4 is 11.6 Å². The van der Waals surface area contributed by atoms with E-state index in [0.29, 0.717) is 17.8 Å². The van der Waals surface area contributed by atoms with Crippen molar-refractivity contribution in [2.24, 2.45) is 17.8 Å². The van der Waals surface area contributed by atoms with Crippen LogP contribution < -0.4 is 0 Å². The predicted octanol–water partition coefficient (Wildman–Crippen LogP) is 4.23. The molecule has 6 unspecified atom stereocenters. The Bertz CT molecular complexity index is 552. The van der Waals surface area contributed by atoms with Gasteiger partial charge in [-0.3, -0.25) is 4.90 Å². The van der Waals surface area contributed by atoms with Gasteiger partial charge in [0, 0.05) is 18.5 Å². The maximum absolute atomic E-state index is 9.67. The van der Waals surface area contributed by atoms with Crippen molar-refractivity contribution in [3.63, 3.8) is 0 Å². The second kappa shape index (κ2) is 5.30. The summed E-state index contributed by atoms with van der Waals surface area (Å²) in [5.74, 6) is 1.30. The van der Waals surface area contributed by atoms with Crippen molar-refractivity contribution in [2.75, 3.05) is 6.54 Å². The largest absolute Gasteiger partial charge is 0.281 e. The zero-order chi connectivity index (χ0) is 15.2. The number of halogens is 1. The molecule has 1 saturated heterocycles. The SMILES string of the molecule is CCC(C)C1(Cl)C2CN(C(C)c3ccccc3)C(C#N)C21. The summed E-state index contributed by atoms with van der Waals surface area (Å²) in [6.07, 6.45) is 1.09. The monoisotopic (exact) mass is 302 g/mol. The van der Waals surface area contributed by atoms with Crippen LogP contribution in [0.1, 0.15) is 38.8 Å². The van der Waals surface area contributed by atoms with Crippen LogP contribution in [0.2, 0.25) is 0 Å². The molecule has 1 saturated carbocycles. The van der Waals surface area contributed by atoms with E-state index in [2.05, 4.69) is 56.0 Å². The lowest BCUT2D eigenvalue weighted by Crippen LogP contribution is -2.40. The quantitative estimate of drug-likeness (QED) is 0.778. The van der Waals surface area contributed by atoms with Gasteiger partial charge in [0.25, 0.3) is 0 Å². The molecule has 1 heterocycles. The Morgan fingerprint density at radius 3 is 2.62 bits per heavy atom. The van der Waals surface area contributed by atoms with Gasteiger partial charge in [-0.1, -0.05) is 50.6 Å². The normalized spacial score (nSPS) is 37.6. The van der Waals surface area contributed by atoms with Gasteiger partial charge in [-0.15, -0.1) is 11.6 Å². The molecule has 6 atom stereocenters. The van der Waals surface area contributed by atoms with E-state index in [0.717, 1.165) is 13.0 Å². The Labute approximate surface area is 132 Å². The van der Waals surface area contributed by atoms with E-state index in [4.69, 9.17) is 11.6 Å². The third-order valence-electron chi connectivity index (χ3n) is 5.79. The van der Waals surface area contributed by atoms with Crippen LogP contribution in [0, 0.1) is 29.1 Å². The van der Waals surface area contributed by atoms with Crippen molar-refractivity contribution in [2.45, 2.75) is 44.1 Å². The fourth-order valence-corrected chi connectivity index (χ4v) is 4.79. The number of fused-ring (bicyclic) bond motifs is 1. The summed E-state index contributed by atoms with van der Waals surface area (Å²) in [5.41, 5.74) is 1.28. The minimum absolute atomic E-state index is 0.0447. The molecule has 0 radical (unpaired) electrons. The summed E-state index contributed by atoms with van der Waals surface area (Å²) in [6, 6.07) is 13.2. The molecule has 1 aliphatic heterocycles. The number of nitriles is 1. The second-order valence-electron chi connectivity index (χ2n) is 6.63. The molecular weight excluding hydrogens is 280 g/mol. The molecule has 3 rings (SSSR count). The molecule has 1 aromatic rings. The number of hydrogen-bond acceptors (Lipinski definition) is 2. The summed E-state index contributed by atoms with van der Waals surface area (Å²) in [7, 11) is 0. The summed E-state index contributed by atoms with van der Waals surface area (Å²) in [5, 5.41) is 9.67. The van der Waals surface area contributed by atoms with Gasteiger partial charge in [-0.05, 0) is 24.3 Å². The first kappa shape index (κ1) is 14.9. The van der Waals surface area contributed by atoms with Crippen molar-refractivity contribution < 1.29 is 0 Å². The van der Waals surface area contributed by atoms with Crippen molar-refractivity contribution in [3.05, 3.63) is 35.9 Å². The molecule has 21 heavy (non-hydrogen) atoms. The number of alkyl halides is 1. The zero-order valence-corrected chi connectivity index (χ0v) is 13.7. The first-order valence-corrected chi connectivity index (χ1v) is 8.32. The third kappa shape index (κ3) is 2.10. The first-order valence-electron chi connectivity index (χ1n) is 7.94. The minimum atomic E-state index is -0.137. The Kier molecular flexibility index (Phi) is 3.76. The molecule has 0 spiro atoms. The molecule has 2 fully saturated rings. The molecule has 0 N–H and O–H groups in total. The highest BCUT2D eigenvalue weighted by atomic mass is 35.5. The van der Waals surface area contributed by atoms with Gasteiger partial charge in [-0.25, -0.2) is 0 Å². The highest BCUT2D eigenvalue weighted by Crippen LogP contribution is 2.67. The standard InChI is InChI=1S/C18H23ClN2/c1-4-12(2)18(19)15-11-21(16(10-20)17(15)18)13(3)14-8-6-5-7-9-14/h5-9,12-13,15-17H,4,11H2,1-3H3. The summed E-state index contributed by atoms with van der Waals surface area (Å²) in [4.78, 5) is 2.20. The van der Waals surface area contributed by atoms with Crippen molar-refractivity contribution in [1.29, 1.82) is 5.26 Å². The Balaban J connectivity index is 1.79. The molecule has 1 aromatic carbocycles. The average Bonchev–Trinajstić information content (AvgIpc) is 2.94. The molecule has 0 bridgehead atoms. The zero-order valence-electron chi connectivity index (χ0n) is 13.0. The van der Waals surface area contributed by atoms with Gasteiger partial charge in [0.1, 0.15) is 6.04 Å². The number of nitrogens with zero attached hydrogens (tertiary/aromatic N) is 2. The van der Waals surface area contributed by atoms with E-state index in [1.54, 1.807) is 0 Å². The Morgan fingerprint density at radius 2 is 2.05 bits per heavy atom. The van der Waals surface area contributed by atoms with Crippen LogP contribution in [0.3, 0.4) is 0 Å². The number of piperidine rings is 1. The lowest BCUT2D eigenvalue weighted by Gasteiger charge is -2.34. The lowest BCUT2D eigenvalue weighted by molar-refractivity contribution is 0.178. The van der Waals surface area contributed by atoms with Crippen LogP contribution in [0.4, 0.5) is 0 Å². The first-order chi connectivity index (χ1) is 10.1. The van der Waals surface area contributed by atoms with Gasteiger partial charge in [-0.2, -0.15) is 5.26 Å². The van der Waals surface area contributed by atoms with Crippen molar-refractivity contribution in [1.82, 2.24) is 4.90 Å². The minimum Gasteiger partial charge on any atom is -0.281 e. The third-order valence-corrected chi connectivity index (χ3v) is 6.69. The molecule has 2 aliphatic rings. The van der Waals surface area contributed by atoms with E-state index < -0.39 is 0 Å². The van der Waals surface area contributed by atoms with Crippen LogP contribution in [-0.2, 0) is 0 Å². The number of benzene rings is 1. The highest BCUT2D eigenvalue weighted by Gasteiger charge is 2.73. The van der Waals surface area contributed by atoms with E-state index in [1.807, 2.05) is 6.07 Å². The maximum Gasteiger partial charge on any atom is 0.103 e. The summed E-state index contributed by atoms with van der Waals surface area (Å²) in [6.45, 7) is 7.57. The number of rotatable bonds is 4. The van der Waals surface area contributed by atoms with Gasteiger partial charge >= 0.3 is 0 Å². The van der Waals surface area contributed by atoms with Gasteiger partial charge in [0.05, 0.1) is 10.9 Å². The smallest absolute Gasteiger partial charge is 0.103 e.